The standard InChI is InChI=1S/C16H20FNO2/c1-10(19)15-6-14(17)5-13(16(15)20)9-18-7-11-3-2-4-12(11)8-18/h5-6,11-12,20H,2-4,7-9H2,1H3. The summed E-state index contributed by atoms with van der Waals surface area (Å²) in [5.41, 5.74) is 0.606. The molecule has 2 aliphatic rings. The van der Waals surface area contributed by atoms with Crippen LogP contribution in [-0.4, -0.2) is 28.9 Å². The van der Waals surface area contributed by atoms with Crippen molar-refractivity contribution in [2.24, 2.45) is 11.8 Å². The van der Waals surface area contributed by atoms with Gasteiger partial charge in [-0.15, -0.1) is 0 Å². The summed E-state index contributed by atoms with van der Waals surface area (Å²) in [4.78, 5) is 13.7. The number of hydrogen-bond donors (Lipinski definition) is 1. The number of fused-ring (bicyclic) bond motifs is 1. The van der Waals surface area contributed by atoms with Crippen LogP contribution in [0.1, 0.15) is 42.1 Å². The van der Waals surface area contributed by atoms with Crippen LogP contribution in [0.15, 0.2) is 12.1 Å². The molecule has 1 aliphatic heterocycles. The van der Waals surface area contributed by atoms with E-state index in [-0.39, 0.29) is 17.1 Å². The Morgan fingerprint density at radius 3 is 2.60 bits per heavy atom. The number of aromatic hydroxyl groups is 1. The molecule has 1 aromatic rings. The van der Waals surface area contributed by atoms with Crippen LogP contribution in [-0.2, 0) is 6.54 Å². The predicted octanol–water partition coefficient (Wildman–Crippen LogP) is 2.97. The molecule has 0 amide bonds. The van der Waals surface area contributed by atoms with E-state index >= 15 is 0 Å². The molecule has 20 heavy (non-hydrogen) atoms. The van der Waals surface area contributed by atoms with E-state index in [0.717, 1.165) is 31.0 Å². The first kappa shape index (κ1) is 13.6. The lowest BCUT2D eigenvalue weighted by Gasteiger charge is -2.18. The van der Waals surface area contributed by atoms with Crippen LogP contribution in [0.4, 0.5) is 4.39 Å². The average Bonchev–Trinajstić information content (AvgIpc) is 2.93. The highest BCUT2D eigenvalue weighted by molar-refractivity contribution is 5.97. The van der Waals surface area contributed by atoms with E-state index in [1.807, 2.05) is 0 Å². The van der Waals surface area contributed by atoms with Gasteiger partial charge in [0.05, 0.1) is 5.56 Å². The number of Topliss-reactive ketones (excluding diaryl/α,β-unsaturated/α-hetero) is 1. The van der Waals surface area contributed by atoms with E-state index in [2.05, 4.69) is 4.90 Å². The van der Waals surface area contributed by atoms with Crippen LogP contribution in [0.5, 0.6) is 5.75 Å². The molecule has 0 radical (unpaired) electrons. The minimum absolute atomic E-state index is 0.0593. The first-order chi connectivity index (χ1) is 9.54. The highest BCUT2D eigenvalue weighted by Crippen LogP contribution is 2.39. The fourth-order valence-electron chi connectivity index (χ4n) is 3.75. The molecule has 4 heteroatoms. The minimum Gasteiger partial charge on any atom is -0.507 e. The van der Waals surface area contributed by atoms with Crippen molar-refractivity contribution in [2.45, 2.75) is 32.7 Å². The summed E-state index contributed by atoms with van der Waals surface area (Å²) < 4.78 is 13.6. The highest BCUT2D eigenvalue weighted by Gasteiger charge is 2.36. The molecule has 1 aromatic carbocycles. The number of carbonyl (C=O) groups excluding carboxylic acids is 1. The number of hydrogen-bond acceptors (Lipinski definition) is 3. The lowest BCUT2D eigenvalue weighted by atomic mass is 10.0. The van der Waals surface area contributed by atoms with Gasteiger partial charge in [-0.05, 0) is 43.7 Å². The third kappa shape index (κ3) is 2.44. The Labute approximate surface area is 118 Å². The fraction of sp³-hybridized carbons (Fsp3) is 0.562. The molecular formula is C16H20FNO2. The van der Waals surface area contributed by atoms with Gasteiger partial charge >= 0.3 is 0 Å². The molecule has 3 rings (SSSR count). The van der Waals surface area contributed by atoms with Crippen LogP contribution in [0.3, 0.4) is 0 Å². The third-order valence-electron chi connectivity index (χ3n) is 4.73. The molecule has 1 saturated heterocycles. The number of rotatable bonds is 3. The van der Waals surface area contributed by atoms with Crippen LogP contribution in [0.25, 0.3) is 0 Å². The number of phenols is 1. The van der Waals surface area contributed by atoms with E-state index in [9.17, 15) is 14.3 Å². The molecule has 0 bridgehead atoms. The zero-order chi connectivity index (χ0) is 14.3. The normalized spacial score (nSPS) is 25.9. The second-order valence-electron chi connectivity index (χ2n) is 6.16. The number of nitrogens with zero attached hydrogens (tertiary/aromatic N) is 1. The highest BCUT2D eigenvalue weighted by atomic mass is 19.1. The largest absolute Gasteiger partial charge is 0.507 e. The molecule has 1 N–H and O–H groups in total. The maximum atomic E-state index is 13.6. The van der Waals surface area contributed by atoms with Crippen LogP contribution in [0, 0.1) is 17.7 Å². The lowest BCUT2D eigenvalue weighted by molar-refractivity contribution is 0.101. The molecule has 0 spiro atoms. The summed E-state index contributed by atoms with van der Waals surface area (Å²) in [6.07, 6.45) is 3.90. The average molecular weight is 277 g/mol. The quantitative estimate of drug-likeness (QED) is 0.864. The first-order valence-corrected chi connectivity index (χ1v) is 7.29. The van der Waals surface area contributed by atoms with Gasteiger partial charge in [-0.25, -0.2) is 4.39 Å². The molecule has 0 aromatic heterocycles. The van der Waals surface area contributed by atoms with Crippen molar-refractivity contribution < 1.29 is 14.3 Å². The molecule has 1 heterocycles. The summed E-state index contributed by atoms with van der Waals surface area (Å²) in [5, 5.41) is 10.1. The molecular weight excluding hydrogens is 257 g/mol. The first-order valence-electron chi connectivity index (χ1n) is 7.29. The zero-order valence-electron chi connectivity index (χ0n) is 11.7. The monoisotopic (exact) mass is 277 g/mol. The van der Waals surface area contributed by atoms with E-state index in [0.29, 0.717) is 12.1 Å². The van der Waals surface area contributed by atoms with Gasteiger partial charge in [0, 0.05) is 25.2 Å². The molecule has 1 saturated carbocycles. The SMILES string of the molecule is CC(=O)c1cc(F)cc(CN2CC3CCCC3C2)c1O. The Hall–Kier alpha value is -1.42. The summed E-state index contributed by atoms with van der Waals surface area (Å²) in [6.45, 7) is 3.92. The van der Waals surface area contributed by atoms with Crippen molar-refractivity contribution in [1.29, 1.82) is 0 Å². The van der Waals surface area contributed by atoms with Gasteiger partial charge in [0.2, 0.25) is 0 Å². The van der Waals surface area contributed by atoms with Gasteiger partial charge in [0.15, 0.2) is 5.78 Å². The Morgan fingerprint density at radius 1 is 1.35 bits per heavy atom. The van der Waals surface area contributed by atoms with E-state index in [1.54, 1.807) is 0 Å². The van der Waals surface area contributed by atoms with E-state index in [1.165, 1.54) is 32.3 Å². The number of carbonyl (C=O) groups is 1. The second kappa shape index (κ2) is 5.17. The van der Waals surface area contributed by atoms with Crippen molar-refractivity contribution in [3.63, 3.8) is 0 Å². The molecule has 2 atom stereocenters. The topological polar surface area (TPSA) is 40.5 Å². The number of likely N-dealkylation sites (tertiary alicyclic amines) is 1. The number of halogens is 1. The van der Waals surface area contributed by atoms with Gasteiger partial charge in [0.25, 0.3) is 0 Å². The molecule has 108 valence electrons. The van der Waals surface area contributed by atoms with Crippen LogP contribution < -0.4 is 0 Å². The van der Waals surface area contributed by atoms with Gasteiger partial charge in [-0.3, -0.25) is 9.69 Å². The van der Waals surface area contributed by atoms with Crippen molar-refractivity contribution in [2.75, 3.05) is 13.1 Å². The lowest BCUT2D eigenvalue weighted by Crippen LogP contribution is -2.21. The van der Waals surface area contributed by atoms with Crippen LogP contribution in [0.2, 0.25) is 0 Å². The Bertz CT molecular complexity index is 532. The molecule has 3 nitrogen and oxygen atoms in total. The maximum absolute atomic E-state index is 13.6. The molecule has 1 aliphatic carbocycles. The Kier molecular flexibility index (Phi) is 3.50. The van der Waals surface area contributed by atoms with Crippen molar-refractivity contribution in [3.8, 4) is 5.75 Å². The van der Waals surface area contributed by atoms with Crippen molar-refractivity contribution in [3.05, 3.63) is 29.1 Å². The molecule has 2 fully saturated rings. The van der Waals surface area contributed by atoms with Crippen molar-refractivity contribution in [1.82, 2.24) is 4.90 Å². The van der Waals surface area contributed by atoms with Gasteiger partial charge in [0.1, 0.15) is 11.6 Å². The molecule has 2 unspecified atom stereocenters. The van der Waals surface area contributed by atoms with Crippen molar-refractivity contribution >= 4 is 5.78 Å². The third-order valence-corrected chi connectivity index (χ3v) is 4.73. The van der Waals surface area contributed by atoms with E-state index in [4.69, 9.17) is 0 Å². The van der Waals surface area contributed by atoms with Crippen LogP contribution >= 0.6 is 0 Å². The Balaban J connectivity index is 1.79. The number of phenolic OH excluding ortho intramolecular Hbond substituents is 1. The minimum atomic E-state index is -0.456. The predicted molar refractivity (Wildman–Crippen MR) is 74.2 cm³/mol. The summed E-state index contributed by atoms with van der Waals surface area (Å²) in [5.74, 6) is 0.704. The van der Waals surface area contributed by atoms with Gasteiger partial charge in [-0.1, -0.05) is 6.42 Å². The zero-order valence-corrected chi connectivity index (χ0v) is 11.7. The smallest absolute Gasteiger partial charge is 0.163 e. The fourth-order valence-corrected chi connectivity index (χ4v) is 3.75. The second-order valence-corrected chi connectivity index (χ2v) is 6.16. The van der Waals surface area contributed by atoms with Gasteiger partial charge in [-0.2, -0.15) is 0 Å². The van der Waals surface area contributed by atoms with E-state index < -0.39 is 5.82 Å². The summed E-state index contributed by atoms with van der Waals surface area (Å²) in [7, 11) is 0. The van der Waals surface area contributed by atoms with Gasteiger partial charge < -0.3 is 5.11 Å². The number of ketones is 1. The summed E-state index contributed by atoms with van der Waals surface area (Å²) >= 11 is 0. The maximum Gasteiger partial charge on any atom is 0.163 e. The Morgan fingerprint density at radius 2 is 2.00 bits per heavy atom. The number of benzene rings is 1. The summed E-state index contributed by atoms with van der Waals surface area (Å²) in [6, 6.07) is 2.45.